The average molecular weight is 458 g/mol. The summed E-state index contributed by atoms with van der Waals surface area (Å²) in [4.78, 5) is 9.13. The predicted octanol–water partition coefficient (Wildman–Crippen LogP) is 6.75. The van der Waals surface area contributed by atoms with E-state index in [1.807, 2.05) is 10.7 Å². The molecule has 0 aliphatic heterocycles. The molecule has 0 radical (unpaired) electrons. The van der Waals surface area contributed by atoms with Crippen LogP contribution in [0.15, 0.2) is 30.7 Å². The Bertz CT molecular complexity index is 990. The van der Waals surface area contributed by atoms with Crippen LogP contribution in [0.4, 0.5) is 5.95 Å². The first-order valence-corrected chi connectivity index (χ1v) is 12.2. The summed E-state index contributed by atoms with van der Waals surface area (Å²) in [5.41, 5.74) is 3.96. The SMILES string of the molecule is CCCCC(CCC)c1ccc2c(-c3nc(NC(CC)CCOC)ncc3Cl)cnn2c1. The Balaban J connectivity index is 1.89. The quantitative estimate of drug-likeness (QED) is 0.307. The van der Waals surface area contributed by atoms with Crippen LogP contribution in [0, 0.1) is 0 Å². The Kier molecular flexibility index (Phi) is 9.30. The molecule has 3 aromatic rings. The lowest BCUT2D eigenvalue weighted by molar-refractivity contribution is 0.189. The fraction of sp³-hybridized carbons (Fsp3) is 0.560. The highest BCUT2D eigenvalue weighted by atomic mass is 35.5. The highest BCUT2D eigenvalue weighted by Crippen LogP contribution is 2.32. The van der Waals surface area contributed by atoms with Gasteiger partial charge in [0.2, 0.25) is 5.95 Å². The van der Waals surface area contributed by atoms with Crippen molar-refractivity contribution in [3.63, 3.8) is 0 Å². The molecule has 3 rings (SSSR count). The van der Waals surface area contributed by atoms with Crippen molar-refractivity contribution in [2.45, 2.75) is 77.7 Å². The van der Waals surface area contributed by atoms with Crippen LogP contribution in [0.25, 0.3) is 16.8 Å². The molecule has 174 valence electrons. The molecule has 2 atom stereocenters. The van der Waals surface area contributed by atoms with E-state index in [0.29, 0.717) is 29.2 Å². The zero-order valence-corrected chi connectivity index (χ0v) is 20.5. The van der Waals surface area contributed by atoms with Crippen LogP contribution >= 0.6 is 11.6 Å². The number of hydrogen-bond donors (Lipinski definition) is 1. The van der Waals surface area contributed by atoms with E-state index >= 15 is 0 Å². The van der Waals surface area contributed by atoms with Crippen molar-refractivity contribution in [1.29, 1.82) is 0 Å². The average Bonchev–Trinajstić information content (AvgIpc) is 3.23. The first kappa shape index (κ1) is 24.5. The summed E-state index contributed by atoms with van der Waals surface area (Å²) in [6.45, 7) is 7.34. The summed E-state index contributed by atoms with van der Waals surface area (Å²) >= 11 is 6.51. The Morgan fingerprint density at radius 1 is 1.09 bits per heavy atom. The Morgan fingerprint density at radius 2 is 1.94 bits per heavy atom. The molecule has 0 bridgehead atoms. The number of halogens is 1. The van der Waals surface area contributed by atoms with E-state index < -0.39 is 0 Å². The number of unbranched alkanes of at least 4 members (excludes halogenated alkanes) is 1. The fourth-order valence-corrected chi connectivity index (χ4v) is 4.34. The molecule has 3 aromatic heterocycles. The van der Waals surface area contributed by atoms with E-state index in [4.69, 9.17) is 21.3 Å². The van der Waals surface area contributed by atoms with Crippen LogP contribution < -0.4 is 5.32 Å². The normalized spacial score (nSPS) is 13.4. The molecule has 32 heavy (non-hydrogen) atoms. The van der Waals surface area contributed by atoms with Gasteiger partial charge in [-0.05, 0) is 43.2 Å². The lowest BCUT2D eigenvalue weighted by Gasteiger charge is -2.17. The Labute approximate surface area is 196 Å². The van der Waals surface area contributed by atoms with Crippen molar-refractivity contribution in [2.24, 2.45) is 0 Å². The second kappa shape index (κ2) is 12.2. The van der Waals surface area contributed by atoms with Crippen LogP contribution in [0.5, 0.6) is 0 Å². The lowest BCUT2D eigenvalue weighted by atomic mass is 9.90. The maximum atomic E-state index is 6.51. The van der Waals surface area contributed by atoms with Gasteiger partial charge in [-0.25, -0.2) is 14.5 Å². The zero-order chi connectivity index (χ0) is 22.9. The molecule has 0 aliphatic rings. The molecule has 0 amide bonds. The number of nitrogens with zero attached hydrogens (tertiary/aromatic N) is 4. The minimum absolute atomic E-state index is 0.244. The number of nitrogens with one attached hydrogen (secondary N) is 1. The van der Waals surface area contributed by atoms with Gasteiger partial charge >= 0.3 is 0 Å². The Hall–Kier alpha value is -2.18. The van der Waals surface area contributed by atoms with Gasteiger partial charge in [0.05, 0.1) is 28.6 Å². The minimum Gasteiger partial charge on any atom is -0.385 e. The third-order valence-electron chi connectivity index (χ3n) is 6.05. The number of anilines is 1. The topological polar surface area (TPSA) is 64.3 Å². The summed E-state index contributed by atoms with van der Waals surface area (Å²) in [7, 11) is 1.72. The highest BCUT2D eigenvalue weighted by molar-refractivity contribution is 6.33. The molecule has 0 fully saturated rings. The largest absolute Gasteiger partial charge is 0.385 e. The van der Waals surface area contributed by atoms with E-state index in [-0.39, 0.29) is 6.04 Å². The molecule has 0 spiro atoms. The fourth-order valence-electron chi connectivity index (χ4n) is 4.15. The number of pyridine rings is 1. The van der Waals surface area contributed by atoms with E-state index in [1.54, 1.807) is 13.3 Å². The molecule has 3 heterocycles. The summed E-state index contributed by atoms with van der Waals surface area (Å²) in [6, 6.07) is 4.63. The van der Waals surface area contributed by atoms with Gasteiger partial charge in [-0.2, -0.15) is 5.10 Å². The summed E-state index contributed by atoms with van der Waals surface area (Å²) in [6.07, 6.45) is 13.6. The van der Waals surface area contributed by atoms with Crippen LogP contribution in [-0.2, 0) is 4.74 Å². The molecule has 7 heteroatoms. The van der Waals surface area contributed by atoms with Crippen LogP contribution in [-0.4, -0.2) is 39.3 Å². The summed E-state index contributed by atoms with van der Waals surface area (Å²) < 4.78 is 7.17. The summed E-state index contributed by atoms with van der Waals surface area (Å²) in [5.74, 6) is 1.15. The van der Waals surface area contributed by atoms with E-state index in [0.717, 1.165) is 23.9 Å². The van der Waals surface area contributed by atoms with Gasteiger partial charge in [0.1, 0.15) is 0 Å². The predicted molar refractivity (Wildman–Crippen MR) is 133 cm³/mol. The standard InChI is InChI=1S/C25H36ClN5O/c1-5-8-10-18(9-6-2)19-11-12-23-21(15-28-31(23)17-19)24-22(26)16-27-25(30-24)29-20(7-3)13-14-32-4/h11-12,15-18,20H,5-10,13-14H2,1-4H3,(H,27,29,30). The monoisotopic (exact) mass is 457 g/mol. The third kappa shape index (κ3) is 5.99. The summed E-state index contributed by atoms with van der Waals surface area (Å²) in [5, 5.41) is 8.56. The van der Waals surface area contributed by atoms with Gasteiger partial charge in [-0.1, -0.05) is 57.7 Å². The first-order chi connectivity index (χ1) is 15.6. The van der Waals surface area contributed by atoms with Crippen molar-refractivity contribution in [2.75, 3.05) is 19.0 Å². The zero-order valence-electron chi connectivity index (χ0n) is 19.8. The molecular weight excluding hydrogens is 422 g/mol. The third-order valence-corrected chi connectivity index (χ3v) is 6.33. The van der Waals surface area contributed by atoms with Gasteiger partial charge in [0.25, 0.3) is 0 Å². The van der Waals surface area contributed by atoms with E-state index in [2.05, 4.69) is 54.5 Å². The number of fused-ring (bicyclic) bond motifs is 1. The number of aromatic nitrogens is 4. The van der Waals surface area contributed by atoms with Crippen LogP contribution in [0.1, 0.15) is 77.2 Å². The van der Waals surface area contributed by atoms with Crippen LogP contribution in [0.3, 0.4) is 0 Å². The van der Waals surface area contributed by atoms with Gasteiger partial charge in [0, 0.05) is 31.5 Å². The number of hydrogen-bond acceptors (Lipinski definition) is 5. The van der Waals surface area contributed by atoms with Crippen LogP contribution in [0.2, 0.25) is 5.02 Å². The number of methoxy groups -OCH3 is 1. The molecule has 2 unspecified atom stereocenters. The van der Waals surface area contributed by atoms with Crippen molar-refractivity contribution in [1.82, 2.24) is 19.6 Å². The molecule has 0 saturated heterocycles. The molecular formula is C25H36ClN5O. The maximum absolute atomic E-state index is 6.51. The smallest absolute Gasteiger partial charge is 0.223 e. The first-order valence-electron chi connectivity index (χ1n) is 11.9. The highest BCUT2D eigenvalue weighted by Gasteiger charge is 2.17. The minimum atomic E-state index is 0.244. The van der Waals surface area contributed by atoms with E-state index in [9.17, 15) is 0 Å². The molecule has 0 aromatic carbocycles. The molecule has 0 aliphatic carbocycles. The maximum Gasteiger partial charge on any atom is 0.223 e. The second-order valence-corrected chi connectivity index (χ2v) is 8.81. The molecule has 6 nitrogen and oxygen atoms in total. The second-order valence-electron chi connectivity index (χ2n) is 8.40. The van der Waals surface area contributed by atoms with Crippen molar-refractivity contribution in [3.8, 4) is 11.3 Å². The number of rotatable bonds is 13. The molecule has 0 saturated carbocycles. The van der Waals surface area contributed by atoms with Gasteiger partial charge in [-0.15, -0.1) is 0 Å². The number of ether oxygens (including phenoxy) is 1. The van der Waals surface area contributed by atoms with Gasteiger partial charge in [-0.3, -0.25) is 0 Å². The lowest BCUT2D eigenvalue weighted by Crippen LogP contribution is -2.21. The van der Waals surface area contributed by atoms with E-state index in [1.165, 1.54) is 37.7 Å². The van der Waals surface area contributed by atoms with Crippen molar-refractivity contribution < 1.29 is 4.74 Å². The van der Waals surface area contributed by atoms with Gasteiger partial charge < -0.3 is 10.1 Å². The van der Waals surface area contributed by atoms with Crippen molar-refractivity contribution >= 4 is 23.1 Å². The molecule has 1 N–H and O–H groups in total. The van der Waals surface area contributed by atoms with Gasteiger partial charge in [0.15, 0.2) is 0 Å². The Morgan fingerprint density at radius 3 is 2.66 bits per heavy atom. The van der Waals surface area contributed by atoms with Crippen molar-refractivity contribution in [3.05, 3.63) is 41.3 Å².